The molecule has 1 N–H and O–H groups in total. The molecule has 0 fully saturated rings. The van der Waals surface area contributed by atoms with E-state index >= 15 is 0 Å². The molecule has 0 aromatic rings. The van der Waals surface area contributed by atoms with Gasteiger partial charge in [-0.2, -0.15) is 12.8 Å². The first-order chi connectivity index (χ1) is 5.37. The van der Waals surface area contributed by atoms with Gasteiger partial charge in [-0.15, -0.1) is 0 Å². The molecule has 0 aliphatic rings. The maximum atomic E-state index is 13.1. The molecule has 5 nitrogen and oxygen atoms in total. The number of ether oxygens (including phenoxy) is 2. The Labute approximate surface area is 70.2 Å². The Morgan fingerprint density at radius 2 is 2.08 bits per heavy atom. The van der Waals surface area contributed by atoms with Crippen LogP contribution < -0.4 is 0 Å². The van der Waals surface area contributed by atoms with E-state index in [4.69, 9.17) is 4.55 Å². The van der Waals surface area contributed by atoms with Crippen LogP contribution in [0.5, 0.6) is 0 Å². The Hall–Kier alpha value is -0.240. The molecule has 0 saturated carbocycles. The molecule has 12 heavy (non-hydrogen) atoms. The average molecular weight is 202 g/mol. The summed E-state index contributed by atoms with van der Waals surface area (Å²) < 4.78 is 50.8. The second-order valence-electron chi connectivity index (χ2n) is 2.00. The maximum Gasteiger partial charge on any atom is 0.359 e. The molecule has 74 valence electrons. The molecule has 1 atom stereocenters. The fourth-order valence-electron chi connectivity index (χ4n) is 0.579. The Bertz CT molecular complexity index is 218. The van der Waals surface area contributed by atoms with Crippen molar-refractivity contribution in [1.29, 1.82) is 0 Å². The van der Waals surface area contributed by atoms with E-state index in [1.807, 2.05) is 0 Å². The highest BCUT2D eigenvalue weighted by atomic mass is 32.2. The summed E-state index contributed by atoms with van der Waals surface area (Å²) in [6, 6.07) is 0. The lowest BCUT2D eigenvalue weighted by Crippen LogP contribution is -2.41. The molecule has 1 unspecified atom stereocenters. The third-order valence-corrected chi connectivity index (χ3v) is 2.07. The summed E-state index contributed by atoms with van der Waals surface area (Å²) in [7, 11) is -3.81. The molecule has 0 bridgehead atoms. The number of rotatable bonds is 5. The van der Waals surface area contributed by atoms with Gasteiger partial charge in [0, 0.05) is 13.7 Å². The number of methoxy groups -OCH3 is 1. The lowest BCUT2D eigenvalue weighted by Gasteiger charge is -2.20. The van der Waals surface area contributed by atoms with Crippen molar-refractivity contribution in [2.45, 2.75) is 12.1 Å². The lowest BCUT2D eigenvalue weighted by atomic mass is 10.7. The summed E-state index contributed by atoms with van der Waals surface area (Å²) in [4.78, 5) is 0. The van der Waals surface area contributed by atoms with Gasteiger partial charge in [0.1, 0.15) is 6.61 Å². The number of alkyl halides is 1. The van der Waals surface area contributed by atoms with Crippen molar-refractivity contribution in [3.8, 4) is 0 Å². The fourth-order valence-corrected chi connectivity index (χ4v) is 1.11. The van der Waals surface area contributed by atoms with E-state index in [0.717, 1.165) is 7.11 Å². The van der Waals surface area contributed by atoms with Gasteiger partial charge >= 0.3 is 15.3 Å². The van der Waals surface area contributed by atoms with Gasteiger partial charge in [0.2, 0.25) is 0 Å². The Morgan fingerprint density at radius 3 is 2.33 bits per heavy atom. The summed E-state index contributed by atoms with van der Waals surface area (Å²) in [6.07, 6.45) is 0. The number of hydrogen-bond acceptors (Lipinski definition) is 4. The minimum Gasteiger partial charge on any atom is -0.377 e. The standard InChI is InChI=1S/C5H11FO5S/c1-3-11-5(6,4-10-2)12(7,8)9/h3-4H2,1-2H3,(H,7,8,9). The summed E-state index contributed by atoms with van der Waals surface area (Å²) >= 11 is 0. The predicted octanol–water partition coefficient (Wildman–Crippen LogP) is 0.180. The normalized spacial score (nSPS) is 17.3. The van der Waals surface area contributed by atoms with Gasteiger partial charge < -0.3 is 9.47 Å². The highest BCUT2D eigenvalue weighted by molar-refractivity contribution is 7.86. The molecule has 0 saturated heterocycles. The predicted molar refractivity (Wildman–Crippen MR) is 38.9 cm³/mol. The Kier molecular flexibility index (Phi) is 4.04. The first-order valence-corrected chi connectivity index (χ1v) is 4.60. The zero-order chi connectivity index (χ0) is 9.83. The van der Waals surface area contributed by atoms with Crippen LogP contribution in [0.4, 0.5) is 4.39 Å². The second-order valence-corrected chi connectivity index (χ2v) is 3.56. The quantitative estimate of drug-likeness (QED) is 0.644. The van der Waals surface area contributed by atoms with Gasteiger partial charge in [0.25, 0.3) is 0 Å². The van der Waals surface area contributed by atoms with Crippen molar-refractivity contribution in [3.63, 3.8) is 0 Å². The van der Waals surface area contributed by atoms with Gasteiger partial charge in [-0.1, -0.05) is 0 Å². The highest BCUT2D eigenvalue weighted by Crippen LogP contribution is 2.20. The van der Waals surface area contributed by atoms with Crippen LogP contribution in [-0.2, 0) is 19.6 Å². The highest BCUT2D eigenvalue weighted by Gasteiger charge is 2.44. The van der Waals surface area contributed by atoms with Crippen molar-refractivity contribution in [2.24, 2.45) is 0 Å². The van der Waals surface area contributed by atoms with E-state index in [0.29, 0.717) is 0 Å². The lowest BCUT2D eigenvalue weighted by molar-refractivity contribution is -0.115. The molecule has 7 heteroatoms. The molecular weight excluding hydrogens is 191 g/mol. The SMILES string of the molecule is CCOC(F)(COC)S(=O)(=O)O. The Balaban J connectivity index is 4.62. The second kappa shape index (κ2) is 4.13. The number of halogens is 1. The van der Waals surface area contributed by atoms with Gasteiger partial charge in [0.15, 0.2) is 0 Å². The fraction of sp³-hybridized carbons (Fsp3) is 1.00. The third-order valence-electron chi connectivity index (χ3n) is 1.06. The summed E-state index contributed by atoms with van der Waals surface area (Å²) in [5.41, 5.74) is 0. The zero-order valence-corrected chi connectivity index (χ0v) is 7.60. The van der Waals surface area contributed by atoms with Crippen LogP contribution in [-0.4, -0.2) is 38.5 Å². The molecule has 0 aromatic carbocycles. The molecular formula is C5H11FO5S. The molecule has 0 rings (SSSR count). The number of hydrogen-bond donors (Lipinski definition) is 1. The topological polar surface area (TPSA) is 72.8 Å². The summed E-state index contributed by atoms with van der Waals surface area (Å²) in [5, 5.41) is -3.16. The molecule has 0 aliphatic carbocycles. The van der Waals surface area contributed by atoms with E-state index in [9.17, 15) is 12.8 Å². The summed E-state index contributed by atoms with van der Waals surface area (Å²) in [5.74, 6) is 0. The van der Waals surface area contributed by atoms with Crippen molar-refractivity contribution >= 4 is 10.1 Å². The van der Waals surface area contributed by atoms with Crippen molar-refractivity contribution in [2.75, 3.05) is 20.3 Å². The molecule has 0 radical (unpaired) electrons. The van der Waals surface area contributed by atoms with E-state index in [1.165, 1.54) is 6.92 Å². The monoisotopic (exact) mass is 202 g/mol. The van der Waals surface area contributed by atoms with Gasteiger partial charge in [-0.05, 0) is 6.92 Å². The third kappa shape index (κ3) is 2.67. The molecule has 0 aromatic heterocycles. The minimum absolute atomic E-state index is 0.181. The maximum absolute atomic E-state index is 13.1. The van der Waals surface area contributed by atoms with Crippen molar-refractivity contribution in [3.05, 3.63) is 0 Å². The summed E-state index contributed by atoms with van der Waals surface area (Å²) in [6.45, 7) is 0.356. The smallest absolute Gasteiger partial charge is 0.359 e. The largest absolute Gasteiger partial charge is 0.377 e. The van der Waals surface area contributed by atoms with Crippen LogP contribution in [0.15, 0.2) is 0 Å². The van der Waals surface area contributed by atoms with Crippen LogP contribution in [0.1, 0.15) is 6.92 Å². The zero-order valence-electron chi connectivity index (χ0n) is 6.78. The Morgan fingerprint density at radius 1 is 1.58 bits per heavy atom. The minimum atomic E-state index is -4.90. The van der Waals surface area contributed by atoms with E-state index in [2.05, 4.69) is 9.47 Å². The molecule has 0 aliphatic heterocycles. The molecule has 0 amide bonds. The van der Waals surface area contributed by atoms with Crippen molar-refractivity contribution < 1.29 is 26.8 Å². The van der Waals surface area contributed by atoms with Gasteiger partial charge in [0.05, 0.1) is 0 Å². The first kappa shape index (κ1) is 11.8. The van der Waals surface area contributed by atoms with E-state index in [-0.39, 0.29) is 6.61 Å². The van der Waals surface area contributed by atoms with Crippen molar-refractivity contribution in [1.82, 2.24) is 0 Å². The van der Waals surface area contributed by atoms with Crippen LogP contribution in [0.3, 0.4) is 0 Å². The van der Waals surface area contributed by atoms with Crippen LogP contribution >= 0.6 is 0 Å². The van der Waals surface area contributed by atoms with Gasteiger partial charge in [-0.25, -0.2) is 0 Å². The van der Waals surface area contributed by atoms with Crippen LogP contribution in [0, 0.1) is 0 Å². The van der Waals surface area contributed by atoms with Gasteiger partial charge in [-0.3, -0.25) is 4.55 Å². The van der Waals surface area contributed by atoms with E-state index < -0.39 is 21.9 Å². The average Bonchev–Trinajstić information content (AvgIpc) is 1.86. The van der Waals surface area contributed by atoms with Crippen LogP contribution in [0.25, 0.3) is 0 Å². The molecule has 0 spiro atoms. The van der Waals surface area contributed by atoms with Crippen LogP contribution in [0.2, 0.25) is 0 Å². The molecule has 0 heterocycles. The first-order valence-electron chi connectivity index (χ1n) is 3.16. The van der Waals surface area contributed by atoms with E-state index in [1.54, 1.807) is 0 Å².